The predicted molar refractivity (Wildman–Crippen MR) is 83.0 cm³/mol. The highest BCUT2D eigenvalue weighted by atomic mass is 32.1. The molecule has 1 atom stereocenters. The van der Waals surface area contributed by atoms with Crippen LogP contribution in [0.15, 0.2) is 11.4 Å². The van der Waals surface area contributed by atoms with Crippen LogP contribution >= 0.6 is 11.3 Å². The Balaban J connectivity index is 1.73. The highest BCUT2D eigenvalue weighted by Gasteiger charge is 2.16. The van der Waals surface area contributed by atoms with E-state index >= 15 is 0 Å². The van der Waals surface area contributed by atoms with Crippen molar-refractivity contribution in [3.63, 3.8) is 0 Å². The Morgan fingerprint density at radius 1 is 1.57 bits per heavy atom. The zero-order chi connectivity index (χ0) is 14.9. The van der Waals surface area contributed by atoms with Crippen molar-refractivity contribution in [1.82, 2.24) is 5.32 Å². The van der Waals surface area contributed by atoms with Crippen molar-refractivity contribution < 1.29 is 14.6 Å². The fourth-order valence-corrected chi connectivity index (χ4v) is 3.00. The molecular formula is C16H21NO3S. The third-order valence-corrected chi connectivity index (χ3v) is 4.29. The van der Waals surface area contributed by atoms with Crippen molar-refractivity contribution in [2.24, 2.45) is 0 Å². The number of aliphatic hydroxyl groups is 1. The molecule has 4 nitrogen and oxygen atoms in total. The van der Waals surface area contributed by atoms with Gasteiger partial charge in [-0.25, -0.2) is 0 Å². The molecule has 1 unspecified atom stereocenters. The number of carbonyl (C=O) groups is 1. The summed E-state index contributed by atoms with van der Waals surface area (Å²) >= 11 is 1.59. The molecule has 1 aliphatic rings. The number of amides is 1. The van der Waals surface area contributed by atoms with E-state index in [2.05, 4.69) is 17.2 Å². The Kier molecular flexibility index (Phi) is 6.74. The fourth-order valence-electron chi connectivity index (χ4n) is 2.23. The molecule has 1 amide bonds. The second kappa shape index (κ2) is 8.83. The SMILES string of the molecule is O=C(CCC1CCCO1)NCc1sccc1C#CCCO. The van der Waals surface area contributed by atoms with E-state index in [-0.39, 0.29) is 18.6 Å². The lowest BCUT2D eigenvalue weighted by atomic mass is 10.1. The van der Waals surface area contributed by atoms with Gasteiger partial charge >= 0.3 is 0 Å². The van der Waals surface area contributed by atoms with Crippen LogP contribution in [-0.4, -0.2) is 30.3 Å². The third kappa shape index (κ3) is 5.50. The first-order valence-corrected chi connectivity index (χ1v) is 8.22. The average molecular weight is 307 g/mol. The van der Waals surface area contributed by atoms with Crippen molar-refractivity contribution in [3.05, 3.63) is 21.9 Å². The largest absolute Gasteiger partial charge is 0.395 e. The molecule has 0 aromatic carbocycles. The van der Waals surface area contributed by atoms with Crippen LogP contribution in [0.5, 0.6) is 0 Å². The maximum Gasteiger partial charge on any atom is 0.220 e. The van der Waals surface area contributed by atoms with Gasteiger partial charge in [-0.2, -0.15) is 0 Å². The minimum absolute atomic E-state index is 0.0631. The van der Waals surface area contributed by atoms with Crippen molar-refractivity contribution in [2.75, 3.05) is 13.2 Å². The molecule has 21 heavy (non-hydrogen) atoms. The van der Waals surface area contributed by atoms with E-state index in [0.29, 0.717) is 19.4 Å². The number of hydrogen-bond acceptors (Lipinski definition) is 4. The van der Waals surface area contributed by atoms with Gasteiger partial charge in [-0.1, -0.05) is 11.8 Å². The molecule has 1 aromatic heterocycles. The van der Waals surface area contributed by atoms with E-state index in [1.807, 2.05) is 11.4 Å². The summed E-state index contributed by atoms with van der Waals surface area (Å²) in [5.74, 6) is 5.99. The smallest absolute Gasteiger partial charge is 0.220 e. The maximum absolute atomic E-state index is 11.8. The molecule has 0 spiro atoms. The minimum atomic E-state index is 0.0631. The van der Waals surface area contributed by atoms with Crippen LogP contribution in [0.4, 0.5) is 0 Å². The minimum Gasteiger partial charge on any atom is -0.395 e. The van der Waals surface area contributed by atoms with Crippen LogP contribution in [0, 0.1) is 11.8 Å². The van der Waals surface area contributed by atoms with Crippen LogP contribution in [0.1, 0.15) is 42.5 Å². The first kappa shape index (κ1) is 16.0. The van der Waals surface area contributed by atoms with Gasteiger partial charge in [0, 0.05) is 29.9 Å². The lowest BCUT2D eigenvalue weighted by molar-refractivity contribution is -0.121. The number of thiophene rings is 1. The molecule has 0 saturated carbocycles. The summed E-state index contributed by atoms with van der Waals surface area (Å²) in [4.78, 5) is 12.9. The summed E-state index contributed by atoms with van der Waals surface area (Å²) in [5.41, 5.74) is 0.938. The van der Waals surface area contributed by atoms with Gasteiger partial charge in [0.05, 0.1) is 19.3 Å². The molecule has 1 aromatic rings. The fraction of sp³-hybridized carbons (Fsp3) is 0.562. The number of hydrogen-bond donors (Lipinski definition) is 2. The lowest BCUT2D eigenvalue weighted by Gasteiger charge is -2.09. The third-order valence-electron chi connectivity index (χ3n) is 3.37. The molecular weight excluding hydrogens is 286 g/mol. The van der Waals surface area contributed by atoms with E-state index in [4.69, 9.17) is 9.84 Å². The van der Waals surface area contributed by atoms with Crippen molar-refractivity contribution in [1.29, 1.82) is 0 Å². The highest BCUT2D eigenvalue weighted by Crippen LogP contribution is 2.17. The number of ether oxygens (including phenoxy) is 1. The van der Waals surface area contributed by atoms with Gasteiger partial charge in [0.15, 0.2) is 0 Å². The van der Waals surface area contributed by atoms with Crippen LogP contribution in [-0.2, 0) is 16.1 Å². The van der Waals surface area contributed by atoms with Crippen LogP contribution in [0.2, 0.25) is 0 Å². The predicted octanol–water partition coefficient (Wildman–Crippen LogP) is 2.06. The molecule has 1 saturated heterocycles. The van der Waals surface area contributed by atoms with Gasteiger partial charge in [0.25, 0.3) is 0 Å². The van der Waals surface area contributed by atoms with E-state index in [9.17, 15) is 4.79 Å². The molecule has 1 aliphatic heterocycles. The van der Waals surface area contributed by atoms with E-state index < -0.39 is 0 Å². The number of carbonyl (C=O) groups excluding carboxylic acids is 1. The Labute approximate surface area is 129 Å². The lowest BCUT2D eigenvalue weighted by Crippen LogP contribution is -2.23. The Hall–Kier alpha value is -1.35. The molecule has 1 fully saturated rings. The van der Waals surface area contributed by atoms with Crippen molar-refractivity contribution >= 4 is 17.2 Å². The highest BCUT2D eigenvalue weighted by molar-refractivity contribution is 7.10. The maximum atomic E-state index is 11.8. The summed E-state index contributed by atoms with van der Waals surface area (Å²) in [7, 11) is 0. The van der Waals surface area contributed by atoms with Crippen molar-refractivity contribution in [2.45, 2.75) is 44.8 Å². The molecule has 5 heteroatoms. The monoisotopic (exact) mass is 307 g/mol. The summed E-state index contributed by atoms with van der Waals surface area (Å²) < 4.78 is 5.51. The molecule has 0 aliphatic carbocycles. The molecule has 2 rings (SSSR count). The average Bonchev–Trinajstić information content (AvgIpc) is 3.15. The quantitative estimate of drug-likeness (QED) is 0.791. The first-order chi connectivity index (χ1) is 10.3. The van der Waals surface area contributed by atoms with Crippen molar-refractivity contribution in [3.8, 4) is 11.8 Å². The topological polar surface area (TPSA) is 58.6 Å². The molecule has 2 N–H and O–H groups in total. The van der Waals surface area contributed by atoms with Gasteiger partial charge in [-0.15, -0.1) is 11.3 Å². The van der Waals surface area contributed by atoms with Gasteiger partial charge < -0.3 is 15.2 Å². The first-order valence-electron chi connectivity index (χ1n) is 7.34. The van der Waals surface area contributed by atoms with Gasteiger partial charge in [0.1, 0.15) is 0 Å². The zero-order valence-electron chi connectivity index (χ0n) is 12.1. The van der Waals surface area contributed by atoms with E-state index in [0.717, 1.165) is 36.3 Å². The summed E-state index contributed by atoms with van der Waals surface area (Å²) in [5, 5.41) is 13.6. The Morgan fingerprint density at radius 2 is 2.48 bits per heavy atom. The number of rotatable bonds is 6. The number of nitrogens with one attached hydrogen (secondary N) is 1. The van der Waals surface area contributed by atoms with Crippen LogP contribution < -0.4 is 5.32 Å². The molecule has 0 bridgehead atoms. The van der Waals surface area contributed by atoms with Gasteiger partial charge in [-0.3, -0.25) is 4.79 Å². The normalized spacial score (nSPS) is 17.3. The zero-order valence-corrected chi connectivity index (χ0v) is 12.9. The summed E-state index contributed by atoms with van der Waals surface area (Å²) in [6.45, 7) is 1.43. The number of aliphatic hydroxyl groups excluding tert-OH is 1. The second-order valence-electron chi connectivity index (χ2n) is 4.98. The molecule has 0 radical (unpaired) electrons. The van der Waals surface area contributed by atoms with E-state index in [1.165, 1.54) is 0 Å². The molecule has 2 heterocycles. The van der Waals surface area contributed by atoms with Crippen LogP contribution in [0.25, 0.3) is 0 Å². The van der Waals surface area contributed by atoms with Crippen LogP contribution in [0.3, 0.4) is 0 Å². The van der Waals surface area contributed by atoms with Gasteiger partial charge in [-0.05, 0) is 30.7 Å². The molecule has 114 valence electrons. The Bertz CT molecular complexity index is 509. The second-order valence-corrected chi connectivity index (χ2v) is 5.98. The van der Waals surface area contributed by atoms with Gasteiger partial charge in [0.2, 0.25) is 5.91 Å². The summed E-state index contributed by atoms with van der Waals surface area (Å²) in [6.07, 6.45) is 4.24. The standard InChI is InChI=1S/C16H21NO3S/c18-9-2-1-4-13-8-11-21-15(13)12-17-16(19)7-6-14-5-3-10-20-14/h8,11,14,18H,2-3,5-7,9-10,12H2,(H,17,19). The van der Waals surface area contributed by atoms with E-state index in [1.54, 1.807) is 11.3 Å². The summed E-state index contributed by atoms with van der Waals surface area (Å²) in [6, 6.07) is 1.95. The Morgan fingerprint density at radius 3 is 3.24 bits per heavy atom.